The van der Waals surface area contributed by atoms with Crippen LogP contribution in [0.4, 0.5) is 0 Å². The molecule has 2 rings (SSSR count). The van der Waals surface area contributed by atoms with Crippen LogP contribution in [0.3, 0.4) is 0 Å². The van der Waals surface area contributed by atoms with E-state index in [4.69, 9.17) is 19.4 Å². The average molecular weight is 344 g/mol. The fraction of sp³-hybridized carbons (Fsp3) is 0.278. The standard InChI is InChI=1S/C18H20N2O5/c1-3-16(14-6-9-17(19-10-14)24-12-18(21)22)20-25-11-13-4-7-15(23-2)8-5-13/h4-10H,3,11-12H2,1-2H3,(H,21,22). The summed E-state index contributed by atoms with van der Waals surface area (Å²) in [7, 11) is 1.62. The van der Waals surface area contributed by atoms with E-state index in [2.05, 4.69) is 10.1 Å². The van der Waals surface area contributed by atoms with Gasteiger partial charge in [0, 0.05) is 17.8 Å². The summed E-state index contributed by atoms with van der Waals surface area (Å²) in [6.45, 7) is 1.89. The molecule has 1 N–H and O–H groups in total. The normalized spacial score (nSPS) is 11.0. The Bertz CT molecular complexity index is 711. The summed E-state index contributed by atoms with van der Waals surface area (Å²) in [4.78, 5) is 20.0. The monoisotopic (exact) mass is 344 g/mol. The summed E-state index contributed by atoms with van der Waals surface area (Å²) in [5, 5.41) is 12.7. The zero-order chi connectivity index (χ0) is 18.1. The van der Waals surface area contributed by atoms with Crippen molar-refractivity contribution in [3.05, 3.63) is 53.7 Å². The zero-order valence-corrected chi connectivity index (χ0v) is 14.1. The molecule has 1 aromatic heterocycles. The maximum absolute atomic E-state index is 10.5. The van der Waals surface area contributed by atoms with Gasteiger partial charge in [-0.3, -0.25) is 0 Å². The van der Waals surface area contributed by atoms with Crippen molar-refractivity contribution in [2.45, 2.75) is 20.0 Å². The molecule has 132 valence electrons. The maximum atomic E-state index is 10.5. The summed E-state index contributed by atoms with van der Waals surface area (Å²) in [6, 6.07) is 10.9. The Morgan fingerprint density at radius 2 is 1.96 bits per heavy atom. The molecule has 0 aliphatic heterocycles. The van der Waals surface area contributed by atoms with Gasteiger partial charge in [-0.05, 0) is 30.2 Å². The lowest BCUT2D eigenvalue weighted by Crippen LogP contribution is -2.10. The summed E-state index contributed by atoms with van der Waals surface area (Å²) >= 11 is 0. The molecule has 1 aromatic carbocycles. The molecule has 0 atom stereocenters. The van der Waals surface area contributed by atoms with Gasteiger partial charge < -0.3 is 19.4 Å². The topological polar surface area (TPSA) is 90.2 Å². The highest BCUT2D eigenvalue weighted by atomic mass is 16.6. The molecule has 0 saturated carbocycles. The Balaban J connectivity index is 1.95. The number of rotatable bonds is 9. The van der Waals surface area contributed by atoms with E-state index >= 15 is 0 Å². The smallest absolute Gasteiger partial charge is 0.341 e. The minimum Gasteiger partial charge on any atom is -0.497 e. The number of carboxylic acid groups (broad SMARTS) is 1. The number of benzene rings is 1. The molecule has 7 heteroatoms. The number of carboxylic acids is 1. The number of ether oxygens (including phenoxy) is 2. The Kier molecular flexibility index (Phi) is 6.76. The summed E-state index contributed by atoms with van der Waals surface area (Å²) in [5.41, 5.74) is 2.52. The van der Waals surface area contributed by atoms with E-state index in [9.17, 15) is 4.79 Å². The highest BCUT2D eigenvalue weighted by molar-refractivity contribution is 5.99. The lowest BCUT2D eigenvalue weighted by atomic mass is 10.1. The second-order valence-corrected chi connectivity index (χ2v) is 5.08. The van der Waals surface area contributed by atoms with Crippen molar-refractivity contribution in [1.29, 1.82) is 0 Å². The average Bonchev–Trinajstić information content (AvgIpc) is 2.64. The molecule has 0 spiro atoms. The van der Waals surface area contributed by atoms with Crippen LogP contribution >= 0.6 is 0 Å². The van der Waals surface area contributed by atoms with E-state index in [-0.39, 0.29) is 5.88 Å². The Morgan fingerprint density at radius 3 is 2.52 bits per heavy atom. The molecule has 0 amide bonds. The number of oxime groups is 1. The van der Waals surface area contributed by atoms with E-state index in [1.807, 2.05) is 31.2 Å². The number of carbonyl (C=O) groups is 1. The third-order valence-electron chi connectivity index (χ3n) is 3.31. The first-order valence-electron chi connectivity index (χ1n) is 7.75. The number of aromatic nitrogens is 1. The summed E-state index contributed by atoms with van der Waals surface area (Å²) in [6.07, 6.45) is 2.25. The second kappa shape index (κ2) is 9.27. The molecule has 0 fully saturated rings. The van der Waals surface area contributed by atoms with Crippen LogP contribution in [0.15, 0.2) is 47.8 Å². The van der Waals surface area contributed by atoms with Gasteiger partial charge in [0.25, 0.3) is 0 Å². The Hall–Kier alpha value is -3.09. The van der Waals surface area contributed by atoms with E-state index in [1.165, 1.54) is 0 Å². The lowest BCUT2D eigenvalue weighted by Gasteiger charge is -2.07. The first kappa shape index (κ1) is 18.3. The van der Waals surface area contributed by atoms with Crippen molar-refractivity contribution in [3.63, 3.8) is 0 Å². The van der Waals surface area contributed by atoms with Gasteiger partial charge in [-0.25, -0.2) is 9.78 Å². The van der Waals surface area contributed by atoms with Gasteiger partial charge in [-0.1, -0.05) is 24.2 Å². The first-order chi connectivity index (χ1) is 12.1. The van der Waals surface area contributed by atoms with Crippen LogP contribution in [-0.2, 0) is 16.2 Å². The molecule has 25 heavy (non-hydrogen) atoms. The van der Waals surface area contributed by atoms with Crippen molar-refractivity contribution in [3.8, 4) is 11.6 Å². The van der Waals surface area contributed by atoms with Crippen molar-refractivity contribution in [2.24, 2.45) is 5.16 Å². The van der Waals surface area contributed by atoms with Crippen LogP contribution in [0.25, 0.3) is 0 Å². The molecular weight excluding hydrogens is 324 g/mol. The molecule has 2 aromatic rings. The molecule has 0 aliphatic rings. The van der Waals surface area contributed by atoms with Crippen LogP contribution in [-0.4, -0.2) is 35.5 Å². The van der Waals surface area contributed by atoms with Gasteiger partial charge in [0.2, 0.25) is 5.88 Å². The van der Waals surface area contributed by atoms with Crippen LogP contribution in [0.1, 0.15) is 24.5 Å². The fourth-order valence-corrected chi connectivity index (χ4v) is 2.00. The zero-order valence-electron chi connectivity index (χ0n) is 14.1. The second-order valence-electron chi connectivity index (χ2n) is 5.08. The number of hydrogen-bond acceptors (Lipinski definition) is 6. The fourth-order valence-electron chi connectivity index (χ4n) is 2.00. The molecule has 0 unspecified atom stereocenters. The van der Waals surface area contributed by atoms with Crippen LogP contribution in [0.5, 0.6) is 11.6 Å². The molecule has 0 saturated heterocycles. The van der Waals surface area contributed by atoms with Gasteiger partial charge >= 0.3 is 5.97 Å². The van der Waals surface area contributed by atoms with Gasteiger partial charge in [0.05, 0.1) is 12.8 Å². The van der Waals surface area contributed by atoms with Crippen molar-refractivity contribution < 1.29 is 24.2 Å². The van der Waals surface area contributed by atoms with Crippen LogP contribution in [0.2, 0.25) is 0 Å². The van der Waals surface area contributed by atoms with Crippen molar-refractivity contribution >= 4 is 11.7 Å². The molecule has 1 heterocycles. The van der Waals surface area contributed by atoms with Crippen molar-refractivity contribution in [2.75, 3.05) is 13.7 Å². The molecule has 0 bridgehead atoms. The third-order valence-corrected chi connectivity index (χ3v) is 3.31. The first-order valence-corrected chi connectivity index (χ1v) is 7.75. The van der Waals surface area contributed by atoms with Crippen LogP contribution < -0.4 is 9.47 Å². The maximum Gasteiger partial charge on any atom is 0.341 e. The largest absolute Gasteiger partial charge is 0.497 e. The van der Waals surface area contributed by atoms with E-state index in [1.54, 1.807) is 25.4 Å². The van der Waals surface area contributed by atoms with E-state index in [0.717, 1.165) is 22.6 Å². The minimum absolute atomic E-state index is 0.251. The predicted molar refractivity (Wildman–Crippen MR) is 92.0 cm³/mol. The van der Waals surface area contributed by atoms with E-state index in [0.29, 0.717) is 13.0 Å². The Morgan fingerprint density at radius 1 is 1.20 bits per heavy atom. The highest BCUT2D eigenvalue weighted by Gasteiger charge is 2.05. The SMILES string of the molecule is CCC(=NOCc1ccc(OC)cc1)c1ccc(OCC(=O)O)nc1. The van der Waals surface area contributed by atoms with Gasteiger partial charge in [0.15, 0.2) is 6.61 Å². The van der Waals surface area contributed by atoms with Crippen molar-refractivity contribution in [1.82, 2.24) is 4.98 Å². The van der Waals surface area contributed by atoms with Gasteiger partial charge in [0.1, 0.15) is 12.4 Å². The number of hydrogen-bond donors (Lipinski definition) is 1. The molecule has 0 radical (unpaired) electrons. The number of methoxy groups -OCH3 is 1. The minimum atomic E-state index is -1.05. The quantitative estimate of drug-likeness (QED) is 0.556. The lowest BCUT2D eigenvalue weighted by molar-refractivity contribution is -0.139. The number of pyridine rings is 1. The third kappa shape index (κ3) is 5.80. The number of nitrogens with zero attached hydrogens (tertiary/aromatic N) is 2. The van der Waals surface area contributed by atoms with Gasteiger partial charge in [-0.2, -0.15) is 0 Å². The molecular formula is C18H20N2O5. The summed E-state index contributed by atoms with van der Waals surface area (Å²) < 4.78 is 10.1. The highest BCUT2D eigenvalue weighted by Crippen LogP contribution is 2.13. The summed E-state index contributed by atoms with van der Waals surface area (Å²) in [5.74, 6) is -0.00727. The van der Waals surface area contributed by atoms with Crippen LogP contribution in [0, 0.1) is 0 Å². The Labute approximate surface area is 145 Å². The van der Waals surface area contributed by atoms with Gasteiger partial charge in [-0.15, -0.1) is 0 Å². The van der Waals surface area contributed by atoms with E-state index < -0.39 is 12.6 Å². The molecule has 0 aliphatic carbocycles. The molecule has 7 nitrogen and oxygen atoms in total. The predicted octanol–water partition coefficient (Wildman–Crippen LogP) is 2.88. The number of aliphatic carboxylic acids is 1.